The summed E-state index contributed by atoms with van der Waals surface area (Å²) in [7, 11) is 0. The Bertz CT molecular complexity index is 1130. The monoisotopic (exact) mass is 612 g/mol. The van der Waals surface area contributed by atoms with Crippen molar-refractivity contribution >= 4 is 67.2 Å². The highest BCUT2D eigenvalue weighted by Gasteiger charge is 2.11. The van der Waals surface area contributed by atoms with Crippen LogP contribution in [0.15, 0.2) is 68.6 Å². The predicted octanol–water partition coefficient (Wildman–Crippen LogP) is 7.65. The highest BCUT2D eigenvalue weighted by molar-refractivity contribution is 9.11. The molecule has 0 radical (unpaired) electrons. The lowest BCUT2D eigenvalue weighted by atomic mass is 10.2. The summed E-state index contributed by atoms with van der Waals surface area (Å²) in [5.41, 5.74) is 4.59. The fraction of sp³-hybridized carbons (Fsp3) is 0.167. The van der Waals surface area contributed by atoms with Crippen molar-refractivity contribution in [3.63, 3.8) is 0 Å². The van der Waals surface area contributed by atoms with Crippen LogP contribution in [0.1, 0.15) is 34.8 Å². The van der Waals surface area contributed by atoms with Crippen LogP contribution in [0.2, 0.25) is 10.0 Å². The van der Waals surface area contributed by atoms with Gasteiger partial charge in [0.25, 0.3) is 5.91 Å². The number of amides is 1. The minimum absolute atomic E-state index is 0.277. The Morgan fingerprint density at radius 1 is 1.03 bits per heavy atom. The van der Waals surface area contributed by atoms with E-state index < -0.39 is 0 Å². The summed E-state index contributed by atoms with van der Waals surface area (Å²) in [6, 6.07) is 15.8. The lowest BCUT2D eigenvalue weighted by Gasteiger charge is -2.12. The Hall–Kier alpha value is -2.06. The average molecular weight is 615 g/mol. The zero-order chi connectivity index (χ0) is 23.8. The molecule has 172 valence electrons. The molecule has 0 aliphatic rings. The summed E-state index contributed by atoms with van der Waals surface area (Å²) in [6.07, 6.45) is 2.47. The molecule has 3 rings (SSSR count). The molecule has 0 atom stereocenters. The molecule has 9 heteroatoms. The van der Waals surface area contributed by atoms with Gasteiger partial charge in [-0.2, -0.15) is 5.10 Å². The van der Waals surface area contributed by atoms with Gasteiger partial charge in [-0.3, -0.25) is 4.79 Å². The lowest BCUT2D eigenvalue weighted by Crippen LogP contribution is -2.17. The topological polar surface area (TPSA) is 59.9 Å². The summed E-state index contributed by atoms with van der Waals surface area (Å²) in [4.78, 5) is 12.3. The second kappa shape index (κ2) is 12.4. The number of carbonyl (C=O) groups is 1. The third kappa shape index (κ3) is 7.47. The van der Waals surface area contributed by atoms with Crippen molar-refractivity contribution in [1.82, 2.24) is 5.43 Å². The van der Waals surface area contributed by atoms with Crippen LogP contribution < -0.4 is 14.9 Å². The van der Waals surface area contributed by atoms with Crippen molar-refractivity contribution in [3.05, 3.63) is 90.3 Å². The molecule has 0 aliphatic heterocycles. The second-order valence-electron chi connectivity index (χ2n) is 6.91. The first-order valence-corrected chi connectivity index (χ1v) is 12.3. The molecule has 0 unspecified atom stereocenters. The largest absolute Gasteiger partial charge is 0.494 e. The average Bonchev–Trinajstić information content (AvgIpc) is 2.78. The standard InChI is InChI=1S/C24H20Br2Cl2N2O3/c1-2-9-32-19-7-4-16(5-8-19)24(31)30-29-13-15-10-20(25)23(21(26)11-15)33-14-17-3-6-18(27)12-22(17)28/h3-8,10-13H,2,9,14H2,1H3,(H,30,31)/b29-13-. The van der Waals surface area contributed by atoms with Gasteiger partial charge in [0.2, 0.25) is 0 Å². The van der Waals surface area contributed by atoms with Crippen LogP contribution in [-0.2, 0) is 6.61 Å². The third-order valence-corrected chi connectivity index (χ3v) is 6.14. The van der Waals surface area contributed by atoms with Gasteiger partial charge in [-0.25, -0.2) is 5.43 Å². The van der Waals surface area contributed by atoms with Crippen molar-refractivity contribution in [2.45, 2.75) is 20.0 Å². The normalized spacial score (nSPS) is 10.9. The van der Waals surface area contributed by atoms with Gasteiger partial charge < -0.3 is 9.47 Å². The Kier molecular flexibility index (Phi) is 9.62. The first-order chi connectivity index (χ1) is 15.9. The molecular weight excluding hydrogens is 595 g/mol. The molecule has 0 heterocycles. The molecule has 0 aromatic heterocycles. The van der Waals surface area contributed by atoms with Gasteiger partial charge in [-0.05, 0) is 92.4 Å². The fourth-order valence-electron chi connectivity index (χ4n) is 2.73. The lowest BCUT2D eigenvalue weighted by molar-refractivity contribution is 0.0955. The summed E-state index contributed by atoms with van der Waals surface area (Å²) < 4.78 is 12.9. The van der Waals surface area contributed by atoms with Gasteiger partial charge in [0.05, 0.1) is 21.8 Å². The number of hydrazone groups is 1. The van der Waals surface area contributed by atoms with Crippen molar-refractivity contribution in [3.8, 4) is 11.5 Å². The predicted molar refractivity (Wildman–Crippen MR) is 140 cm³/mol. The van der Waals surface area contributed by atoms with Gasteiger partial charge >= 0.3 is 0 Å². The molecule has 0 aliphatic carbocycles. The highest BCUT2D eigenvalue weighted by Crippen LogP contribution is 2.35. The van der Waals surface area contributed by atoms with Crippen LogP contribution in [0.5, 0.6) is 11.5 Å². The number of ether oxygens (including phenoxy) is 2. The maximum Gasteiger partial charge on any atom is 0.271 e. The summed E-state index contributed by atoms with van der Waals surface area (Å²) >= 11 is 19.2. The summed E-state index contributed by atoms with van der Waals surface area (Å²) in [6.45, 7) is 2.95. The van der Waals surface area contributed by atoms with Crippen LogP contribution in [0, 0.1) is 0 Å². The highest BCUT2D eigenvalue weighted by atomic mass is 79.9. The van der Waals surface area contributed by atoms with E-state index in [9.17, 15) is 4.79 Å². The summed E-state index contributed by atoms with van der Waals surface area (Å²) in [5, 5.41) is 5.16. The number of nitrogens with zero attached hydrogens (tertiary/aromatic N) is 1. The number of hydrogen-bond acceptors (Lipinski definition) is 4. The van der Waals surface area contributed by atoms with Gasteiger partial charge in [-0.15, -0.1) is 0 Å². The Morgan fingerprint density at radius 3 is 2.36 bits per heavy atom. The Balaban J connectivity index is 1.60. The zero-order valence-corrected chi connectivity index (χ0v) is 22.3. The van der Waals surface area contributed by atoms with Crippen molar-refractivity contribution in [1.29, 1.82) is 0 Å². The molecule has 0 saturated heterocycles. The van der Waals surface area contributed by atoms with E-state index in [4.69, 9.17) is 32.7 Å². The maximum atomic E-state index is 12.3. The van der Waals surface area contributed by atoms with E-state index in [0.29, 0.717) is 28.0 Å². The number of halogens is 4. The van der Waals surface area contributed by atoms with E-state index in [1.165, 1.54) is 0 Å². The minimum atomic E-state index is -0.314. The van der Waals surface area contributed by atoms with Gasteiger partial charge in [-0.1, -0.05) is 36.2 Å². The van der Waals surface area contributed by atoms with Gasteiger partial charge in [0, 0.05) is 21.2 Å². The number of benzene rings is 3. The molecule has 3 aromatic rings. The fourth-order valence-corrected chi connectivity index (χ4v) is 4.65. The van der Waals surface area contributed by atoms with Crippen molar-refractivity contribution in [2.24, 2.45) is 5.10 Å². The van der Waals surface area contributed by atoms with E-state index in [2.05, 4.69) is 42.4 Å². The first kappa shape index (κ1) is 25.6. The quantitative estimate of drug-likeness (QED) is 0.199. The van der Waals surface area contributed by atoms with Crippen LogP contribution in [-0.4, -0.2) is 18.7 Å². The van der Waals surface area contributed by atoms with Crippen LogP contribution in [0.4, 0.5) is 0 Å². The zero-order valence-electron chi connectivity index (χ0n) is 17.6. The molecule has 1 N–H and O–H groups in total. The molecule has 5 nitrogen and oxygen atoms in total. The maximum absolute atomic E-state index is 12.3. The number of hydrogen-bond donors (Lipinski definition) is 1. The van der Waals surface area contributed by atoms with E-state index in [0.717, 1.165) is 32.2 Å². The molecule has 33 heavy (non-hydrogen) atoms. The number of nitrogens with one attached hydrogen (secondary N) is 1. The Labute approximate surface area is 219 Å². The SMILES string of the molecule is CCCOc1ccc(C(=O)N/N=C\c2cc(Br)c(OCc3ccc(Cl)cc3Cl)c(Br)c2)cc1. The molecular formula is C24H20Br2Cl2N2O3. The van der Waals surface area contributed by atoms with Crippen LogP contribution in [0.25, 0.3) is 0 Å². The molecule has 1 amide bonds. The number of carbonyl (C=O) groups excluding carboxylic acids is 1. The molecule has 0 saturated carbocycles. The van der Waals surface area contributed by atoms with Crippen LogP contribution in [0.3, 0.4) is 0 Å². The number of rotatable bonds is 9. The smallest absolute Gasteiger partial charge is 0.271 e. The Morgan fingerprint density at radius 2 is 1.73 bits per heavy atom. The van der Waals surface area contributed by atoms with Crippen molar-refractivity contribution < 1.29 is 14.3 Å². The van der Waals surface area contributed by atoms with E-state index in [1.807, 2.05) is 25.1 Å². The molecule has 3 aromatic carbocycles. The second-order valence-corrected chi connectivity index (χ2v) is 9.46. The van der Waals surface area contributed by atoms with E-state index in [-0.39, 0.29) is 12.5 Å². The first-order valence-electron chi connectivity index (χ1n) is 9.99. The van der Waals surface area contributed by atoms with Crippen molar-refractivity contribution in [2.75, 3.05) is 6.61 Å². The molecule has 0 spiro atoms. The van der Waals surface area contributed by atoms with E-state index >= 15 is 0 Å². The third-order valence-electron chi connectivity index (χ3n) is 4.38. The molecule has 0 fully saturated rings. The van der Waals surface area contributed by atoms with E-state index in [1.54, 1.807) is 42.6 Å². The minimum Gasteiger partial charge on any atom is -0.494 e. The van der Waals surface area contributed by atoms with Gasteiger partial charge in [0.15, 0.2) is 0 Å². The molecule has 0 bridgehead atoms. The van der Waals surface area contributed by atoms with Gasteiger partial charge in [0.1, 0.15) is 18.1 Å². The summed E-state index contributed by atoms with van der Waals surface area (Å²) in [5.74, 6) is 1.03. The van der Waals surface area contributed by atoms with Crippen LogP contribution >= 0.6 is 55.1 Å².